The van der Waals surface area contributed by atoms with E-state index in [1.165, 1.54) is 24.4 Å². The predicted molar refractivity (Wildman–Crippen MR) is 64.4 cm³/mol. The van der Waals surface area contributed by atoms with Crippen LogP contribution in [0.3, 0.4) is 0 Å². The van der Waals surface area contributed by atoms with Crippen molar-refractivity contribution in [1.82, 2.24) is 4.98 Å². The van der Waals surface area contributed by atoms with Crippen molar-refractivity contribution >= 4 is 0 Å². The highest BCUT2D eigenvalue weighted by atomic mass is 19.4. The Kier molecular flexibility index (Phi) is 3.69. The van der Waals surface area contributed by atoms with E-state index in [1.54, 1.807) is 0 Å². The lowest BCUT2D eigenvalue weighted by Crippen LogP contribution is -2.13. The van der Waals surface area contributed by atoms with Crippen molar-refractivity contribution in [3.63, 3.8) is 0 Å². The summed E-state index contributed by atoms with van der Waals surface area (Å²) < 4.78 is 77.2. The molecule has 0 aliphatic rings. The molecule has 0 unspecified atom stereocenters. The van der Waals surface area contributed by atoms with Crippen LogP contribution in [0.5, 0.6) is 0 Å². The van der Waals surface area contributed by atoms with Gasteiger partial charge >= 0.3 is 12.4 Å². The first-order chi connectivity index (χ1) is 9.60. The summed E-state index contributed by atoms with van der Waals surface area (Å²) in [4.78, 5) is 3.82. The number of hydrogen-bond acceptors (Lipinski definition) is 1. The van der Waals surface area contributed by atoms with Crippen LogP contribution in [0.25, 0.3) is 11.3 Å². The summed E-state index contributed by atoms with van der Waals surface area (Å²) in [5.74, 6) is 0. The number of nitrogens with zero attached hydrogens (tertiary/aromatic N) is 1. The van der Waals surface area contributed by atoms with Crippen molar-refractivity contribution in [1.29, 1.82) is 0 Å². The van der Waals surface area contributed by atoms with E-state index >= 15 is 0 Å². The summed E-state index contributed by atoms with van der Waals surface area (Å²) in [6, 6.07) is 5.20. The van der Waals surface area contributed by atoms with Gasteiger partial charge in [-0.1, -0.05) is 6.07 Å². The van der Waals surface area contributed by atoms with Crippen molar-refractivity contribution in [2.45, 2.75) is 19.3 Å². The van der Waals surface area contributed by atoms with Crippen LogP contribution in [0.15, 0.2) is 36.5 Å². The van der Waals surface area contributed by atoms with E-state index < -0.39 is 23.5 Å². The van der Waals surface area contributed by atoms with Crippen molar-refractivity contribution in [2.24, 2.45) is 0 Å². The second-order valence-electron chi connectivity index (χ2n) is 4.41. The van der Waals surface area contributed by atoms with Crippen LogP contribution in [-0.4, -0.2) is 4.98 Å². The zero-order valence-electron chi connectivity index (χ0n) is 10.7. The molecule has 0 saturated heterocycles. The first-order valence-corrected chi connectivity index (χ1v) is 5.81. The third-order valence-corrected chi connectivity index (χ3v) is 2.98. The van der Waals surface area contributed by atoms with Gasteiger partial charge in [-0.05, 0) is 36.8 Å². The van der Waals surface area contributed by atoms with Crippen LogP contribution in [0.2, 0.25) is 0 Å². The summed E-state index contributed by atoms with van der Waals surface area (Å²) in [5, 5.41) is 0. The molecular formula is C14H9F6N. The molecule has 0 spiro atoms. The van der Waals surface area contributed by atoms with Gasteiger partial charge in [-0.25, -0.2) is 0 Å². The molecule has 7 heteroatoms. The molecular weight excluding hydrogens is 296 g/mol. The highest BCUT2D eigenvalue weighted by Gasteiger charge is 2.38. The van der Waals surface area contributed by atoms with Crippen LogP contribution in [-0.2, 0) is 12.4 Å². The predicted octanol–water partition coefficient (Wildman–Crippen LogP) is 5.09. The zero-order valence-corrected chi connectivity index (χ0v) is 10.7. The molecule has 2 rings (SSSR count). The van der Waals surface area contributed by atoms with Gasteiger partial charge in [0.25, 0.3) is 0 Å². The molecule has 0 N–H and O–H groups in total. The largest absolute Gasteiger partial charge is 0.416 e. The summed E-state index contributed by atoms with van der Waals surface area (Å²) in [5.41, 5.74) is -3.06. The molecule has 21 heavy (non-hydrogen) atoms. The fourth-order valence-electron chi connectivity index (χ4n) is 1.96. The first-order valence-electron chi connectivity index (χ1n) is 5.81. The van der Waals surface area contributed by atoms with E-state index in [0.29, 0.717) is 6.07 Å². The number of halogens is 6. The topological polar surface area (TPSA) is 12.9 Å². The molecule has 0 bridgehead atoms. The Hall–Kier alpha value is -2.05. The third-order valence-electron chi connectivity index (χ3n) is 2.98. The normalized spacial score (nSPS) is 12.5. The van der Waals surface area contributed by atoms with Crippen molar-refractivity contribution < 1.29 is 26.3 Å². The highest BCUT2D eigenvalue weighted by Crippen LogP contribution is 2.40. The number of aromatic nitrogens is 1. The van der Waals surface area contributed by atoms with Crippen molar-refractivity contribution in [2.75, 3.05) is 0 Å². The van der Waals surface area contributed by atoms with Crippen LogP contribution >= 0.6 is 0 Å². The fraction of sp³-hybridized carbons (Fsp3) is 0.214. The Bertz CT molecular complexity index is 643. The maximum atomic E-state index is 12.9. The molecule has 0 fully saturated rings. The zero-order chi connectivity index (χ0) is 15.8. The van der Waals surface area contributed by atoms with Crippen LogP contribution in [0.1, 0.15) is 16.7 Å². The van der Waals surface area contributed by atoms with E-state index in [4.69, 9.17) is 0 Å². The summed E-state index contributed by atoms with van der Waals surface area (Å²) in [7, 11) is 0. The molecule has 0 radical (unpaired) electrons. The van der Waals surface area contributed by atoms with Gasteiger partial charge in [0.05, 0.1) is 16.8 Å². The monoisotopic (exact) mass is 305 g/mol. The number of rotatable bonds is 1. The molecule has 1 aromatic heterocycles. The van der Waals surface area contributed by atoms with Gasteiger partial charge in [0, 0.05) is 11.8 Å². The van der Waals surface area contributed by atoms with Gasteiger partial charge in [0.1, 0.15) is 0 Å². The first kappa shape index (κ1) is 15.3. The second-order valence-corrected chi connectivity index (χ2v) is 4.41. The van der Waals surface area contributed by atoms with Gasteiger partial charge in [0.2, 0.25) is 0 Å². The standard InChI is InChI=1S/C14H9F6N/c1-8-10(12-4-2-3-5-21-12)6-9(13(15,16)17)7-11(8)14(18,19)20/h2-7H,1H3. The smallest absolute Gasteiger partial charge is 0.256 e. The Morgan fingerprint density at radius 1 is 0.905 bits per heavy atom. The molecule has 112 valence electrons. The number of benzene rings is 1. The van der Waals surface area contributed by atoms with E-state index in [9.17, 15) is 26.3 Å². The van der Waals surface area contributed by atoms with Gasteiger partial charge in [0.15, 0.2) is 0 Å². The van der Waals surface area contributed by atoms with Gasteiger partial charge in [-0.15, -0.1) is 0 Å². The lowest BCUT2D eigenvalue weighted by Gasteiger charge is -2.17. The molecule has 1 nitrogen and oxygen atoms in total. The minimum atomic E-state index is -4.87. The summed E-state index contributed by atoms with van der Waals surface area (Å²) in [6.07, 6.45) is -8.42. The third kappa shape index (κ3) is 3.17. The minimum Gasteiger partial charge on any atom is -0.256 e. The average molecular weight is 305 g/mol. The molecule has 1 heterocycles. The van der Waals surface area contributed by atoms with Crippen LogP contribution < -0.4 is 0 Å². The fourth-order valence-corrected chi connectivity index (χ4v) is 1.96. The highest BCUT2D eigenvalue weighted by molar-refractivity contribution is 5.66. The molecule has 0 saturated carbocycles. The maximum Gasteiger partial charge on any atom is 0.416 e. The van der Waals surface area contributed by atoms with Gasteiger partial charge < -0.3 is 0 Å². The van der Waals surface area contributed by atoms with E-state index in [-0.39, 0.29) is 22.9 Å². The van der Waals surface area contributed by atoms with Crippen molar-refractivity contribution in [3.8, 4) is 11.3 Å². The van der Waals surface area contributed by atoms with Crippen LogP contribution in [0.4, 0.5) is 26.3 Å². The molecule has 0 atom stereocenters. The Balaban J connectivity index is 2.76. The summed E-state index contributed by atoms with van der Waals surface area (Å²) >= 11 is 0. The van der Waals surface area contributed by atoms with Gasteiger partial charge in [-0.2, -0.15) is 26.3 Å². The molecule has 2 aromatic rings. The van der Waals surface area contributed by atoms with Crippen molar-refractivity contribution in [3.05, 3.63) is 53.2 Å². The van der Waals surface area contributed by atoms with Crippen LogP contribution in [0, 0.1) is 6.92 Å². The molecule has 0 aliphatic carbocycles. The summed E-state index contributed by atoms with van der Waals surface area (Å²) in [6.45, 7) is 1.13. The SMILES string of the molecule is Cc1c(-c2ccccn2)cc(C(F)(F)F)cc1C(F)(F)F. The lowest BCUT2D eigenvalue weighted by molar-refractivity contribution is -0.143. The maximum absolute atomic E-state index is 12.9. The number of hydrogen-bond donors (Lipinski definition) is 0. The van der Waals surface area contributed by atoms with E-state index in [2.05, 4.69) is 4.98 Å². The minimum absolute atomic E-state index is 0.0617. The Morgan fingerprint density at radius 3 is 2.05 bits per heavy atom. The number of pyridine rings is 1. The molecule has 1 aromatic carbocycles. The lowest BCUT2D eigenvalue weighted by atomic mass is 9.95. The Labute approximate surface area is 116 Å². The quantitative estimate of drug-likeness (QED) is 0.668. The van der Waals surface area contributed by atoms with E-state index in [0.717, 1.165) is 6.92 Å². The Morgan fingerprint density at radius 2 is 1.57 bits per heavy atom. The second kappa shape index (κ2) is 5.05. The average Bonchev–Trinajstić information content (AvgIpc) is 2.37. The molecule has 0 aliphatic heterocycles. The number of alkyl halides is 6. The van der Waals surface area contributed by atoms with E-state index in [1.807, 2.05) is 0 Å². The molecule has 0 amide bonds. The van der Waals surface area contributed by atoms with Gasteiger partial charge in [-0.3, -0.25) is 4.98 Å².